The maximum Gasteiger partial charge on any atom is 0.405 e. The van der Waals surface area contributed by atoms with Crippen LogP contribution in [0, 0.1) is 11.8 Å². The number of aliphatic hydroxyl groups is 1. The van der Waals surface area contributed by atoms with Crippen molar-refractivity contribution in [2.75, 3.05) is 21.3 Å². The Labute approximate surface area is 240 Å². The number of rotatable bonds is 15. The highest BCUT2D eigenvalue weighted by Gasteiger charge is 2.31. The van der Waals surface area contributed by atoms with Crippen LogP contribution in [0.25, 0.3) is 0 Å². The molecule has 0 fully saturated rings. The van der Waals surface area contributed by atoms with E-state index in [1.54, 1.807) is 39.0 Å². The Hall–Kier alpha value is -3.74. The molecule has 6 atom stereocenters. The number of hydrogen-bond donors (Lipinski definition) is 4. The van der Waals surface area contributed by atoms with Crippen LogP contribution in [0.2, 0.25) is 0 Å². The summed E-state index contributed by atoms with van der Waals surface area (Å²) >= 11 is 0. The van der Waals surface area contributed by atoms with E-state index in [0.29, 0.717) is 17.6 Å². The highest BCUT2D eigenvalue weighted by Crippen LogP contribution is 2.27. The lowest BCUT2D eigenvalue weighted by molar-refractivity contribution is -0.136. The Bertz CT molecular complexity index is 1140. The van der Waals surface area contributed by atoms with Gasteiger partial charge in [0.05, 0.1) is 30.7 Å². The molecular weight excluding hydrogens is 534 g/mol. The number of primary amides is 1. The van der Waals surface area contributed by atoms with E-state index in [1.165, 1.54) is 27.4 Å². The molecule has 0 spiro atoms. The molecule has 0 aromatic heterocycles. The first-order chi connectivity index (χ1) is 19.2. The maximum absolute atomic E-state index is 12.4. The van der Waals surface area contributed by atoms with Gasteiger partial charge in [-0.1, -0.05) is 38.2 Å². The number of ether oxygens (including phenoxy) is 4. The second-order valence-corrected chi connectivity index (χ2v) is 10.0. The second kappa shape index (κ2) is 16.5. The first kappa shape index (κ1) is 35.3. The number of carbonyl (C=O) groups excluding carboxylic acids is 4. The molecule has 228 valence electrons. The predicted octanol–water partition coefficient (Wildman–Crippen LogP) is 1.72. The number of hydrogen-bond acceptors (Lipinski definition) is 11. The minimum Gasteiger partial charge on any atom is -0.466 e. The van der Waals surface area contributed by atoms with Crippen molar-refractivity contribution in [2.45, 2.75) is 65.0 Å². The maximum atomic E-state index is 12.4. The molecule has 1 rings (SSSR count). The van der Waals surface area contributed by atoms with Crippen molar-refractivity contribution in [3.8, 4) is 0 Å². The smallest absolute Gasteiger partial charge is 0.405 e. The number of carbonyl (C=O) groups is 4. The summed E-state index contributed by atoms with van der Waals surface area (Å²) in [6, 6.07) is 0. The van der Waals surface area contributed by atoms with E-state index in [1.807, 2.05) is 6.92 Å². The highest BCUT2D eigenvalue weighted by atomic mass is 16.6. The number of amides is 1. The number of allylic oxidation sites excluding steroid dienone is 4. The zero-order valence-corrected chi connectivity index (χ0v) is 24.7. The van der Waals surface area contributed by atoms with Gasteiger partial charge in [0, 0.05) is 37.4 Å². The molecule has 0 heterocycles. The Kier molecular flexibility index (Phi) is 14.2. The summed E-state index contributed by atoms with van der Waals surface area (Å²) in [7, 11) is 4.16. The Morgan fingerprint density at radius 3 is 2.24 bits per heavy atom. The fourth-order valence-corrected chi connectivity index (χ4v) is 4.47. The van der Waals surface area contributed by atoms with E-state index in [0.717, 1.165) is 6.08 Å². The summed E-state index contributed by atoms with van der Waals surface area (Å²) < 4.78 is 21.1. The number of methoxy groups -OCH3 is 3. The highest BCUT2D eigenvalue weighted by molar-refractivity contribution is 6.21. The van der Waals surface area contributed by atoms with Gasteiger partial charge in [-0.05, 0) is 38.2 Å². The fraction of sp³-hybridized carbons (Fsp3) is 0.517. The molecular formula is C29H43N3O9. The molecule has 12 heteroatoms. The molecule has 12 nitrogen and oxygen atoms in total. The number of ketones is 2. The summed E-state index contributed by atoms with van der Waals surface area (Å²) in [6.45, 7) is 6.90. The van der Waals surface area contributed by atoms with Gasteiger partial charge in [-0.15, -0.1) is 0 Å². The molecule has 0 saturated carbocycles. The van der Waals surface area contributed by atoms with Crippen molar-refractivity contribution in [1.29, 1.82) is 0 Å². The van der Waals surface area contributed by atoms with Gasteiger partial charge in [0.15, 0.2) is 6.10 Å². The summed E-state index contributed by atoms with van der Waals surface area (Å²) in [5.41, 5.74) is 17.6. The lowest BCUT2D eigenvalue weighted by Crippen LogP contribution is -2.37. The van der Waals surface area contributed by atoms with E-state index in [2.05, 4.69) is 4.74 Å². The van der Waals surface area contributed by atoms with Crippen molar-refractivity contribution in [2.24, 2.45) is 29.0 Å². The molecule has 1 amide bonds. The Balaban J connectivity index is 3.08. The standard InChI is InChI=1S/C29H43N3O9/c1-15(11-19-24(31)21(33)14-20(30)26(19)35)12-23(39-6)25(34)17(3)13-18(4)27(41-29(32)37)22(38-5)10-8-9-16(2)28(36)40-7/h8-10,13-15,17,22-23,25,27,34H,11-12,30-31H2,1-7H3,(H2,32,37)/b10-8+,16-9+,18-13+/t15-,17-,22+,23-,25+,27-/m0/s1. The normalized spacial score (nSPS) is 19.4. The van der Waals surface area contributed by atoms with Gasteiger partial charge in [-0.2, -0.15) is 0 Å². The fourth-order valence-electron chi connectivity index (χ4n) is 4.47. The zero-order chi connectivity index (χ0) is 31.4. The summed E-state index contributed by atoms with van der Waals surface area (Å²) in [4.78, 5) is 47.7. The van der Waals surface area contributed by atoms with Crippen molar-refractivity contribution in [3.05, 3.63) is 58.5 Å². The first-order valence-electron chi connectivity index (χ1n) is 13.0. The minimum atomic E-state index is -1.02. The summed E-state index contributed by atoms with van der Waals surface area (Å²) in [6.07, 6.45) is 3.60. The zero-order valence-electron chi connectivity index (χ0n) is 24.7. The second-order valence-electron chi connectivity index (χ2n) is 10.0. The average molecular weight is 578 g/mol. The van der Waals surface area contributed by atoms with E-state index in [9.17, 15) is 24.3 Å². The third kappa shape index (κ3) is 10.3. The average Bonchev–Trinajstić information content (AvgIpc) is 2.92. The topological polar surface area (TPSA) is 203 Å². The quantitative estimate of drug-likeness (QED) is 0.0725. The van der Waals surface area contributed by atoms with E-state index in [4.69, 9.17) is 31.4 Å². The van der Waals surface area contributed by atoms with Gasteiger partial charge in [0.2, 0.25) is 11.6 Å². The van der Waals surface area contributed by atoms with Crippen LogP contribution >= 0.6 is 0 Å². The van der Waals surface area contributed by atoms with Crippen LogP contribution in [0.1, 0.15) is 40.5 Å². The number of nitrogens with two attached hydrogens (primary N) is 3. The van der Waals surface area contributed by atoms with Crippen molar-refractivity contribution >= 4 is 23.6 Å². The van der Waals surface area contributed by atoms with Crippen LogP contribution in [-0.4, -0.2) is 74.5 Å². The molecule has 0 bridgehead atoms. The molecule has 0 radical (unpaired) electrons. The van der Waals surface area contributed by atoms with E-state index < -0.39 is 54.0 Å². The third-order valence-electron chi connectivity index (χ3n) is 6.77. The van der Waals surface area contributed by atoms with E-state index >= 15 is 0 Å². The third-order valence-corrected chi connectivity index (χ3v) is 6.77. The SMILES string of the molecule is COC(=O)/C(C)=C/C=C/[C@@H](OC)[C@@H](OC(N)=O)/C(C)=C/[C@H](C)[C@@H](O)[C@H](C[C@@H](C)CC1=C(N)C(=O)C=C(N)C1=O)OC. The van der Waals surface area contributed by atoms with Gasteiger partial charge >= 0.3 is 12.1 Å². The lowest BCUT2D eigenvalue weighted by Gasteiger charge is -2.29. The first-order valence-corrected chi connectivity index (χ1v) is 13.0. The van der Waals surface area contributed by atoms with Gasteiger partial charge in [0.25, 0.3) is 0 Å². The number of esters is 1. The van der Waals surface area contributed by atoms with Crippen LogP contribution in [0.3, 0.4) is 0 Å². The van der Waals surface area contributed by atoms with Crippen molar-refractivity contribution in [1.82, 2.24) is 0 Å². The van der Waals surface area contributed by atoms with Crippen LogP contribution < -0.4 is 17.2 Å². The molecule has 0 saturated heterocycles. The van der Waals surface area contributed by atoms with Gasteiger partial charge in [-0.3, -0.25) is 9.59 Å². The van der Waals surface area contributed by atoms with Gasteiger partial charge in [-0.25, -0.2) is 9.59 Å². The molecule has 1 aliphatic rings. The summed E-state index contributed by atoms with van der Waals surface area (Å²) in [5, 5.41) is 11.1. The number of Topliss-reactive ketones (excluding diaryl/α,β-unsaturated/α-hetero) is 1. The van der Waals surface area contributed by atoms with Crippen LogP contribution in [0.15, 0.2) is 58.5 Å². The summed E-state index contributed by atoms with van der Waals surface area (Å²) in [5.74, 6) is -2.15. The molecule has 0 aromatic rings. The Morgan fingerprint density at radius 2 is 1.71 bits per heavy atom. The molecule has 7 N–H and O–H groups in total. The molecule has 1 aliphatic carbocycles. The minimum absolute atomic E-state index is 0.129. The van der Waals surface area contributed by atoms with Gasteiger partial charge < -0.3 is 41.3 Å². The van der Waals surface area contributed by atoms with Crippen LogP contribution in [0.4, 0.5) is 4.79 Å². The molecule has 0 aliphatic heterocycles. The lowest BCUT2D eigenvalue weighted by atomic mass is 9.85. The van der Waals surface area contributed by atoms with Crippen molar-refractivity contribution < 1.29 is 43.2 Å². The largest absolute Gasteiger partial charge is 0.466 e. The molecule has 0 aromatic carbocycles. The van der Waals surface area contributed by atoms with Gasteiger partial charge in [0.1, 0.15) is 6.10 Å². The van der Waals surface area contributed by atoms with Crippen LogP contribution in [-0.2, 0) is 33.3 Å². The van der Waals surface area contributed by atoms with E-state index in [-0.39, 0.29) is 29.3 Å². The van der Waals surface area contributed by atoms with Crippen molar-refractivity contribution in [3.63, 3.8) is 0 Å². The monoisotopic (exact) mass is 577 g/mol. The number of aliphatic hydroxyl groups excluding tert-OH is 1. The molecule has 0 unspecified atom stereocenters. The predicted molar refractivity (Wildman–Crippen MR) is 152 cm³/mol. The van der Waals surface area contributed by atoms with Crippen LogP contribution in [0.5, 0.6) is 0 Å². The molecule has 41 heavy (non-hydrogen) atoms. The Morgan fingerprint density at radius 1 is 1.07 bits per heavy atom.